The lowest BCUT2D eigenvalue weighted by Crippen LogP contribution is -2.40. The van der Waals surface area contributed by atoms with E-state index in [0.29, 0.717) is 30.1 Å². The molecule has 1 aliphatic heterocycles. The van der Waals surface area contributed by atoms with Crippen molar-refractivity contribution in [2.75, 3.05) is 13.2 Å². The molecule has 7 heteroatoms. The predicted molar refractivity (Wildman–Crippen MR) is 82.6 cm³/mol. The van der Waals surface area contributed by atoms with E-state index < -0.39 is 0 Å². The second-order valence-corrected chi connectivity index (χ2v) is 5.24. The van der Waals surface area contributed by atoms with E-state index in [1.807, 2.05) is 24.3 Å². The molecule has 1 amide bonds. The van der Waals surface area contributed by atoms with Crippen LogP contribution in [0.3, 0.4) is 0 Å². The maximum Gasteiger partial charge on any atom is 0.253 e. The minimum Gasteiger partial charge on any atom is -0.486 e. The number of aromatic nitrogens is 3. The van der Waals surface area contributed by atoms with Gasteiger partial charge < -0.3 is 14.8 Å². The zero-order valence-electron chi connectivity index (χ0n) is 12.2. The third-order valence-electron chi connectivity index (χ3n) is 3.61. The normalized spacial score (nSPS) is 16.3. The van der Waals surface area contributed by atoms with Crippen LogP contribution in [-0.2, 0) is 0 Å². The Balaban J connectivity index is 1.40. The Morgan fingerprint density at radius 2 is 2.17 bits per heavy atom. The number of para-hydroxylation sites is 2. The Bertz CT molecular complexity index is 861. The second kappa shape index (κ2) is 5.60. The zero-order valence-corrected chi connectivity index (χ0v) is 12.2. The molecule has 0 fully saturated rings. The highest BCUT2D eigenvalue weighted by atomic mass is 16.6. The summed E-state index contributed by atoms with van der Waals surface area (Å²) in [5, 5.41) is 10.3. The van der Waals surface area contributed by atoms with Crippen LogP contribution >= 0.6 is 0 Å². The number of ether oxygens (including phenoxy) is 2. The number of hydrogen-bond donors (Lipinski definition) is 2. The van der Waals surface area contributed by atoms with Crippen LogP contribution in [0.5, 0.6) is 11.5 Å². The van der Waals surface area contributed by atoms with Gasteiger partial charge in [0.2, 0.25) is 0 Å². The van der Waals surface area contributed by atoms with Gasteiger partial charge in [0, 0.05) is 11.6 Å². The molecule has 7 nitrogen and oxygen atoms in total. The number of pyridine rings is 1. The van der Waals surface area contributed by atoms with Gasteiger partial charge in [-0.2, -0.15) is 5.10 Å². The zero-order chi connectivity index (χ0) is 15.6. The fraction of sp³-hybridized carbons (Fsp3) is 0.188. The Hall–Kier alpha value is -3.09. The van der Waals surface area contributed by atoms with Crippen molar-refractivity contribution in [3.05, 3.63) is 48.3 Å². The molecule has 0 spiro atoms. The van der Waals surface area contributed by atoms with Crippen LogP contribution in [0.25, 0.3) is 11.0 Å². The fourth-order valence-electron chi connectivity index (χ4n) is 2.43. The van der Waals surface area contributed by atoms with Crippen molar-refractivity contribution in [2.24, 2.45) is 0 Å². The highest BCUT2D eigenvalue weighted by Crippen LogP contribution is 2.30. The van der Waals surface area contributed by atoms with Gasteiger partial charge in [-0.15, -0.1) is 0 Å². The van der Waals surface area contributed by atoms with E-state index >= 15 is 0 Å². The first-order valence-corrected chi connectivity index (χ1v) is 7.25. The number of rotatable bonds is 3. The van der Waals surface area contributed by atoms with Gasteiger partial charge in [-0.05, 0) is 18.2 Å². The summed E-state index contributed by atoms with van der Waals surface area (Å²) < 4.78 is 11.4. The molecule has 0 aliphatic carbocycles. The smallest absolute Gasteiger partial charge is 0.253 e. The third kappa shape index (κ3) is 2.68. The number of carbonyl (C=O) groups excluding carboxylic acids is 1. The SMILES string of the molecule is O=C(NCC1COc2ccccc2O1)c1cnc2[nH]ncc2c1. The molecule has 0 saturated heterocycles. The standard InChI is InChI=1S/C16H14N4O3/c21-16(11-5-10-7-19-20-15(10)17-6-11)18-8-12-9-22-13-3-1-2-4-14(13)23-12/h1-7,12H,8-9H2,(H,18,21)(H,17,19,20). The highest BCUT2D eigenvalue weighted by molar-refractivity contribution is 5.96. The van der Waals surface area contributed by atoms with Crippen molar-refractivity contribution in [3.8, 4) is 11.5 Å². The number of amides is 1. The number of benzene rings is 1. The summed E-state index contributed by atoms with van der Waals surface area (Å²) in [5.74, 6) is 1.22. The Morgan fingerprint density at radius 1 is 1.30 bits per heavy atom. The van der Waals surface area contributed by atoms with Crippen LogP contribution in [0, 0.1) is 0 Å². The molecule has 0 bridgehead atoms. The summed E-state index contributed by atoms with van der Waals surface area (Å²) in [6.45, 7) is 0.757. The lowest BCUT2D eigenvalue weighted by Gasteiger charge is -2.26. The molecule has 0 saturated carbocycles. The number of H-pyrrole nitrogens is 1. The van der Waals surface area contributed by atoms with Gasteiger partial charge in [-0.1, -0.05) is 12.1 Å². The summed E-state index contributed by atoms with van der Waals surface area (Å²) in [6, 6.07) is 9.23. The number of nitrogens with zero attached hydrogens (tertiary/aromatic N) is 2. The molecule has 23 heavy (non-hydrogen) atoms. The molecule has 3 aromatic rings. The molecule has 2 N–H and O–H groups in total. The Kier molecular flexibility index (Phi) is 3.30. The molecule has 1 unspecified atom stereocenters. The molecular weight excluding hydrogens is 296 g/mol. The topological polar surface area (TPSA) is 89.1 Å². The first kappa shape index (κ1) is 13.6. The van der Waals surface area contributed by atoms with E-state index in [0.717, 1.165) is 11.1 Å². The largest absolute Gasteiger partial charge is 0.486 e. The number of nitrogens with one attached hydrogen (secondary N) is 2. The quantitative estimate of drug-likeness (QED) is 0.766. The summed E-state index contributed by atoms with van der Waals surface area (Å²) in [4.78, 5) is 16.4. The summed E-state index contributed by atoms with van der Waals surface area (Å²) in [5.41, 5.74) is 1.14. The average molecular weight is 310 g/mol. The average Bonchev–Trinajstić information content (AvgIpc) is 3.07. The van der Waals surface area contributed by atoms with Gasteiger partial charge in [0.25, 0.3) is 5.91 Å². The highest BCUT2D eigenvalue weighted by Gasteiger charge is 2.21. The molecule has 4 rings (SSSR count). The van der Waals surface area contributed by atoms with Crippen molar-refractivity contribution < 1.29 is 14.3 Å². The third-order valence-corrected chi connectivity index (χ3v) is 3.61. The Morgan fingerprint density at radius 3 is 3.09 bits per heavy atom. The number of hydrogen-bond acceptors (Lipinski definition) is 5. The number of carbonyl (C=O) groups is 1. The van der Waals surface area contributed by atoms with Crippen LogP contribution in [-0.4, -0.2) is 40.3 Å². The Labute approximate surface area is 131 Å². The predicted octanol–water partition coefficient (Wildman–Crippen LogP) is 1.53. The van der Waals surface area contributed by atoms with E-state index in [1.54, 1.807) is 12.3 Å². The van der Waals surface area contributed by atoms with Gasteiger partial charge in [0.15, 0.2) is 17.1 Å². The lowest BCUT2D eigenvalue weighted by molar-refractivity contribution is 0.0789. The van der Waals surface area contributed by atoms with Crippen molar-refractivity contribution >= 4 is 16.9 Å². The van der Waals surface area contributed by atoms with Crippen LogP contribution in [0.2, 0.25) is 0 Å². The van der Waals surface area contributed by atoms with Gasteiger partial charge in [0.1, 0.15) is 12.7 Å². The number of fused-ring (bicyclic) bond motifs is 2. The first-order valence-electron chi connectivity index (χ1n) is 7.25. The molecule has 1 aromatic carbocycles. The van der Waals surface area contributed by atoms with Gasteiger partial charge in [-0.25, -0.2) is 4.98 Å². The molecule has 1 aliphatic rings. The summed E-state index contributed by atoms with van der Waals surface area (Å²) in [6.07, 6.45) is 2.93. The van der Waals surface area contributed by atoms with E-state index in [-0.39, 0.29) is 12.0 Å². The lowest BCUT2D eigenvalue weighted by atomic mass is 10.2. The second-order valence-electron chi connectivity index (χ2n) is 5.24. The minimum atomic E-state index is -0.223. The number of aromatic amines is 1. The van der Waals surface area contributed by atoms with Gasteiger partial charge in [0.05, 0.1) is 18.3 Å². The van der Waals surface area contributed by atoms with Crippen molar-refractivity contribution in [3.63, 3.8) is 0 Å². The van der Waals surface area contributed by atoms with Crippen LogP contribution in [0.1, 0.15) is 10.4 Å². The maximum absolute atomic E-state index is 12.2. The van der Waals surface area contributed by atoms with Gasteiger partial charge >= 0.3 is 0 Å². The molecule has 3 heterocycles. The van der Waals surface area contributed by atoms with E-state index in [9.17, 15) is 4.79 Å². The van der Waals surface area contributed by atoms with Gasteiger partial charge in [-0.3, -0.25) is 9.89 Å². The van der Waals surface area contributed by atoms with E-state index in [1.165, 1.54) is 6.20 Å². The van der Waals surface area contributed by atoms with Crippen molar-refractivity contribution in [2.45, 2.75) is 6.10 Å². The monoisotopic (exact) mass is 310 g/mol. The van der Waals surface area contributed by atoms with E-state index in [2.05, 4.69) is 20.5 Å². The van der Waals surface area contributed by atoms with Crippen LogP contribution in [0.4, 0.5) is 0 Å². The molecule has 0 radical (unpaired) electrons. The molecule has 2 aromatic heterocycles. The summed E-state index contributed by atoms with van der Waals surface area (Å²) in [7, 11) is 0. The maximum atomic E-state index is 12.2. The van der Waals surface area contributed by atoms with E-state index in [4.69, 9.17) is 9.47 Å². The minimum absolute atomic E-state index is 0.206. The van der Waals surface area contributed by atoms with Crippen molar-refractivity contribution in [1.82, 2.24) is 20.5 Å². The molecular formula is C16H14N4O3. The first-order chi connectivity index (χ1) is 11.3. The molecule has 116 valence electrons. The summed E-state index contributed by atoms with van der Waals surface area (Å²) >= 11 is 0. The van der Waals surface area contributed by atoms with Crippen molar-refractivity contribution in [1.29, 1.82) is 0 Å². The van der Waals surface area contributed by atoms with Crippen LogP contribution in [0.15, 0.2) is 42.7 Å². The fourth-order valence-corrected chi connectivity index (χ4v) is 2.43. The van der Waals surface area contributed by atoms with Crippen LogP contribution < -0.4 is 14.8 Å². The molecule has 1 atom stereocenters.